The van der Waals surface area contributed by atoms with Crippen LogP contribution in [0.3, 0.4) is 0 Å². The molecule has 1 aromatic rings. The van der Waals surface area contributed by atoms with Crippen LogP contribution in [0.2, 0.25) is 0 Å². The van der Waals surface area contributed by atoms with Gasteiger partial charge >= 0.3 is 11.9 Å². The van der Waals surface area contributed by atoms with Crippen molar-refractivity contribution in [3.63, 3.8) is 0 Å². The molecule has 0 saturated carbocycles. The van der Waals surface area contributed by atoms with Gasteiger partial charge in [-0.25, -0.2) is 0 Å². The fourth-order valence-electron chi connectivity index (χ4n) is 2.32. The van der Waals surface area contributed by atoms with E-state index in [4.69, 9.17) is 9.47 Å². The molecule has 1 aromatic carbocycles. The van der Waals surface area contributed by atoms with Gasteiger partial charge in [0.2, 0.25) is 0 Å². The van der Waals surface area contributed by atoms with Gasteiger partial charge in [-0.3, -0.25) is 19.7 Å². The Balaban J connectivity index is 2.31. The second-order valence-electron chi connectivity index (χ2n) is 5.78. The first-order valence-electron chi connectivity index (χ1n) is 8.49. The molecule has 0 N–H and O–H groups in total. The molecule has 7 nitrogen and oxygen atoms in total. The van der Waals surface area contributed by atoms with E-state index in [2.05, 4.69) is 6.92 Å². The van der Waals surface area contributed by atoms with Crippen LogP contribution in [0.4, 0.5) is 5.69 Å². The molecule has 0 bridgehead atoms. The van der Waals surface area contributed by atoms with Crippen molar-refractivity contribution in [3.8, 4) is 0 Å². The van der Waals surface area contributed by atoms with Crippen molar-refractivity contribution in [2.75, 3.05) is 6.61 Å². The van der Waals surface area contributed by atoms with E-state index in [0.29, 0.717) is 24.2 Å². The minimum atomic E-state index is -0.491. The molecule has 0 saturated heterocycles. The molecule has 0 heterocycles. The van der Waals surface area contributed by atoms with Crippen LogP contribution in [0.5, 0.6) is 0 Å². The summed E-state index contributed by atoms with van der Waals surface area (Å²) in [5.74, 6) is -0.812. The van der Waals surface area contributed by atoms with Crippen LogP contribution in [-0.4, -0.2) is 23.5 Å². The third-order valence-electron chi connectivity index (χ3n) is 3.67. The van der Waals surface area contributed by atoms with Gasteiger partial charge in [0.15, 0.2) is 0 Å². The highest BCUT2D eigenvalue weighted by Gasteiger charge is 2.18. The third-order valence-corrected chi connectivity index (χ3v) is 3.67. The zero-order chi connectivity index (χ0) is 18.7. The quantitative estimate of drug-likeness (QED) is 0.260. The summed E-state index contributed by atoms with van der Waals surface area (Å²) < 4.78 is 10.1. The first kappa shape index (κ1) is 20.6. The molecule has 0 aromatic heterocycles. The van der Waals surface area contributed by atoms with Crippen LogP contribution < -0.4 is 0 Å². The highest BCUT2D eigenvalue weighted by molar-refractivity contribution is 5.72. The van der Waals surface area contributed by atoms with Crippen molar-refractivity contribution in [1.82, 2.24) is 0 Å². The van der Waals surface area contributed by atoms with Gasteiger partial charge in [0.05, 0.1) is 17.1 Å². The molecule has 1 rings (SSSR count). The zero-order valence-corrected chi connectivity index (χ0v) is 14.8. The van der Waals surface area contributed by atoms with Crippen molar-refractivity contribution in [2.24, 2.45) is 0 Å². The molecule has 0 unspecified atom stereocenters. The zero-order valence-electron chi connectivity index (χ0n) is 14.8. The predicted octanol–water partition coefficient (Wildman–Crippen LogP) is 3.85. The SMILES string of the molecule is CCCCCOC(=O)CCCC(=O)OCc1cccc(C)c1[N+](=O)[O-]. The lowest BCUT2D eigenvalue weighted by Gasteiger charge is -2.07. The fraction of sp³-hybridized carbons (Fsp3) is 0.556. The maximum Gasteiger partial charge on any atom is 0.306 e. The summed E-state index contributed by atoms with van der Waals surface area (Å²) >= 11 is 0. The first-order valence-corrected chi connectivity index (χ1v) is 8.49. The Hall–Kier alpha value is -2.44. The molecular formula is C18H25NO6. The lowest BCUT2D eigenvalue weighted by Crippen LogP contribution is -2.09. The molecule has 0 aliphatic carbocycles. The first-order chi connectivity index (χ1) is 12.0. The predicted molar refractivity (Wildman–Crippen MR) is 92.0 cm³/mol. The Bertz CT molecular complexity index is 599. The molecule has 0 aliphatic rings. The van der Waals surface area contributed by atoms with E-state index in [9.17, 15) is 19.7 Å². The van der Waals surface area contributed by atoms with Crippen LogP contribution in [0.1, 0.15) is 56.6 Å². The number of benzene rings is 1. The number of aryl methyl sites for hydroxylation is 1. The van der Waals surface area contributed by atoms with Gasteiger partial charge in [0.1, 0.15) is 6.61 Å². The number of nitro benzene ring substituents is 1. The van der Waals surface area contributed by atoms with Gasteiger partial charge < -0.3 is 9.47 Å². The molecule has 0 spiro atoms. The topological polar surface area (TPSA) is 95.7 Å². The Labute approximate surface area is 147 Å². The van der Waals surface area contributed by atoms with Gasteiger partial charge in [-0.2, -0.15) is 0 Å². The number of carbonyl (C=O) groups excluding carboxylic acids is 2. The minimum Gasteiger partial charge on any atom is -0.466 e. The lowest BCUT2D eigenvalue weighted by molar-refractivity contribution is -0.386. The average molecular weight is 351 g/mol. The molecule has 0 fully saturated rings. The van der Waals surface area contributed by atoms with Crippen molar-refractivity contribution in [2.45, 2.75) is 59.0 Å². The van der Waals surface area contributed by atoms with E-state index in [-0.39, 0.29) is 31.1 Å². The summed E-state index contributed by atoms with van der Waals surface area (Å²) in [5, 5.41) is 11.1. The number of ether oxygens (including phenoxy) is 2. The summed E-state index contributed by atoms with van der Waals surface area (Å²) in [6.45, 7) is 3.96. The Morgan fingerprint density at radius 2 is 1.76 bits per heavy atom. The largest absolute Gasteiger partial charge is 0.466 e. The van der Waals surface area contributed by atoms with E-state index < -0.39 is 10.9 Å². The van der Waals surface area contributed by atoms with Crippen molar-refractivity contribution < 1.29 is 24.0 Å². The number of hydrogen-bond donors (Lipinski definition) is 0. The summed E-state index contributed by atoms with van der Waals surface area (Å²) in [5.41, 5.74) is 0.837. The number of carbonyl (C=O) groups is 2. The third kappa shape index (κ3) is 7.78. The summed E-state index contributed by atoms with van der Waals surface area (Å²) in [6, 6.07) is 4.88. The van der Waals surface area contributed by atoms with Crippen LogP contribution in [0.25, 0.3) is 0 Å². The van der Waals surface area contributed by atoms with Gasteiger partial charge in [0, 0.05) is 18.4 Å². The molecule has 25 heavy (non-hydrogen) atoms. The number of hydrogen-bond acceptors (Lipinski definition) is 6. The van der Waals surface area contributed by atoms with Gasteiger partial charge in [0.25, 0.3) is 5.69 Å². The summed E-state index contributed by atoms with van der Waals surface area (Å²) in [4.78, 5) is 33.8. The van der Waals surface area contributed by atoms with E-state index in [0.717, 1.165) is 19.3 Å². The highest BCUT2D eigenvalue weighted by Crippen LogP contribution is 2.23. The van der Waals surface area contributed by atoms with E-state index in [1.807, 2.05) is 0 Å². The molecule has 138 valence electrons. The molecule has 0 amide bonds. The standard InChI is InChI=1S/C18H25NO6/c1-3-4-5-12-24-16(20)10-7-11-17(21)25-13-15-9-6-8-14(2)18(15)19(22)23/h6,8-9H,3-5,7,10-13H2,1-2H3. The monoisotopic (exact) mass is 351 g/mol. The average Bonchev–Trinajstić information content (AvgIpc) is 2.56. The van der Waals surface area contributed by atoms with E-state index in [1.165, 1.54) is 0 Å². The fourth-order valence-corrected chi connectivity index (χ4v) is 2.32. The van der Waals surface area contributed by atoms with Crippen LogP contribution >= 0.6 is 0 Å². The summed E-state index contributed by atoms with van der Waals surface area (Å²) in [7, 11) is 0. The van der Waals surface area contributed by atoms with Crippen LogP contribution in [0.15, 0.2) is 18.2 Å². The maximum absolute atomic E-state index is 11.7. The van der Waals surface area contributed by atoms with Gasteiger partial charge in [-0.05, 0) is 25.8 Å². The Morgan fingerprint density at radius 3 is 2.40 bits per heavy atom. The second-order valence-corrected chi connectivity index (χ2v) is 5.78. The Kier molecular flexibility index (Phi) is 9.21. The van der Waals surface area contributed by atoms with Crippen LogP contribution in [-0.2, 0) is 25.7 Å². The molecule has 7 heteroatoms. The smallest absolute Gasteiger partial charge is 0.306 e. The highest BCUT2D eigenvalue weighted by atomic mass is 16.6. The van der Waals surface area contributed by atoms with E-state index in [1.54, 1.807) is 25.1 Å². The van der Waals surface area contributed by atoms with Gasteiger partial charge in [-0.15, -0.1) is 0 Å². The van der Waals surface area contributed by atoms with E-state index >= 15 is 0 Å². The van der Waals surface area contributed by atoms with Crippen LogP contribution in [0, 0.1) is 17.0 Å². The van der Waals surface area contributed by atoms with Crippen molar-refractivity contribution in [3.05, 3.63) is 39.4 Å². The minimum absolute atomic E-state index is 0.0362. The van der Waals surface area contributed by atoms with Crippen molar-refractivity contribution in [1.29, 1.82) is 0 Å². The number of rotatable bonds is 11. The number of nitrogens with zero attached hydrogens (tertiary/aromatic N) is 1. The second kappa shape index (κ2) is 11.2. The molecule has 0 aliphatic heterocycles. The van der Waals surface area contributed by atoms with Crippen molar-refractivity contribution >= 4 is 17.6 Å². The number of unbranched alkanes of at least 4 members (excludes halogenated alkanes) is 2. The molecular weight excluding hydrogens is 326 g/mol. The normalized spacial score (nSPS) is 10.3. The lowest BCUT2D eigenvalue weighted by atomic mass is 10.1. The number of nitro groups is 1. The number of para-hydroxylation sites is 1. The molecule has 0 radical (unpaired) electrons. The number of esters is 2. The maximum atomic E-state index is 11.7. The Morgan fingerprint density at radius 1 is 1.08 bits per heavy atom. The molecule has 0 atom stereocenters. The van der Waals surface area contributed by atoms with Gasteiger partial charge in [-0.1, -0.05) is 31.9 Å². The summed E-state index contributed by atoms with van der Waals surface area (Å²) in [6.07, 6.45) is 3.49.